The number of carbonyl (C=O) groups excluding carboxylic acids is 1. The Hall–Kier alpha value is -3.21. The van der Waals surface area contributed by atoms with Gasteiger partial charge in [0.15, 0.2) is 0 Å². The number of rotatable bonds is 4. The summed E-state index contributed by atoms with van der Waals surface area (Å²) < 4.78 is 5.80. The lowest BCUT2D eigenvalue weighted by atomic mass is 9.94. The number of aryl methyl sites for hydroxylation is 2. The first-order valence-corrected chi connectivity index (χ1v) is 9.00. The normalized spacial score (nSPS) is 13.4. The van der Waals surface area contributed by atoms with Crippen molar-refractivity contribution in [3.8, 4) is 17.0 Å². The highest BCUT2D eigenvalue weighted by molar-refractivity contribution is 6.00. The van der Waals surface area contributed by atoms with Crippen molar-refractivity contribution in [2.45, 2.75) is 26.4 Å². The number of hydrogen-bond acceptors (Lipinski definition) is 4. The monoisotopic (exact) mass is 359 g/mol. The summed E-state index contributed by atoms with van der Waals surface area (Å²) in [6, 6.07) is 12.1. The highest BCUT2D eigenvalue weighted by atomic mass is 16.5. The molecule has 5 heteroatoms. The van der Waals surface area contributed by atoms with Gasteiger partial charge in [0.25, 0.3) is 0 Å². The molecule has 0 saturated heterocycles. The molecule has 1 aliphatic heterocycles. The summed E-state index contributed by atoms with van der Waals surface area (Å²) in [6.07, 6.45) is 6.70. The third-order valence-corrected chi connectivity index (χ3v) is 4.82. The highest BCUT2D eigenvalue weighted by Gasteiger charge is 2.24. The van der Waals surface area contributed by atoms with Crippen LogP contribution in [-0.2, 0) is 17.8 Å². The van der Waals surface area contributed by atoms with Crippen molar-refractivity contribution in [3.05, 3.63) is 71.7 Å². The number of carbonyl (C=O) groups is 1. The van der Waals surface area contributed by atoms with Gasteiger partial charge in [-0.3, -0.25) is 9.78 Å². The van der Waals surface area contributed by atoms with Gasteiger partial charge in [0.2, 0.25) is 11.8 Å². The number of para-hydroxylation sites is 1. The van der Waals surface area contributed by atoms with Crippen LogP contribution in [0.2, 0.25) is 0 Å². The Kier molecular flexibility index (Phi) is 4.59. The smallest absolute Gasteiger partial charge is 0.227 e. The molecule has 0 unspecified atom stereocenters. The molecule has 3 aromatic rings. The molecule has 0 radical (unpaired) electrons. The molecule has 0 fully saturated rings. The van der Waals surface area contributed by atoms with E-state index in [0.29, 0.717) is 18.9 Å². The first kappa shape index (κ1) is 17.2. The van der Waals surface area contributed by atoms with Gasteiger partial charge in [-0.05, 0) is 36.6 Å². The fraction of sp³-hybridized carbons (Fsp3) is 0.227. The minimum Gasteiger partial charge on any atom is -0.473 e. The van der Waals surface area contributed by atoms with Crippen molar-refractivity contribution in [1.82, 2.24) is 9.97 Å². The van der Waals surface area contributed by atoms with Crippen LogP contribution in [0.3, 0.4) is 0 Å². The number of nitrogens with zero attached hydrogens (tertiary/aromatic N) is 3. The van der Waals surface area contributed by atoms with Gasteiger partial charge in [-0.1, -0.05) is 18.2 Å². The second kappa shape index (κ2) is 7.19. The Labute approximate surface area is 158 Å². The summed E-state index contributed by atoms with van der Waals surface area (Å²) in [5, 5.41) is 0. The third-order valence-electron chi connectivity index (χ3n) is 4.82. The molecule has 1 aromatic carbocycles. The Bertz CT molecular complexity index is 1000. The Balaban J connectivity index is 1.63. The lowest BCUT2D eigenvalue weighted by Gasteiger charge is -2.28. The quantitative estimate of drug-likeness (QED) is 0.708. The molecule has 27 heavy (non-hydrogen) atoms. The first-order chi connectivity index (χ1) is 13.1. The van der Waals surface area contributed by atoms with Gasteiger partial charge in [-0.25, -0.2) is 4.98 Å². The zero-order chi connectivity index (χ0) is 18.8. The minimum absolute atomic E-state index is 0.146. The number of ether oxygens (including phenoxy) is 1. The topological polar surface area (TPSA) is 55.3 Å². The number of anilines is 1. The van der Waals surface area contributed by atoms with Crippen LogP contribution in [0.25, 0.3) is 11.1 Å². The highest BCUT2D eigenvalue weighted by Crippen LogP contribution is 2.37. The number of fused-ring (bicyclic) bond motifs is 1. The van der Waals surface area contributed by atoms with Crippen molar-refractivity contribution >= 4 is 11.6 Å². The molecule has 3 heterocycles. The maximum atomic E-state index is 12.2. The fourth-order valence-corrected chi connectivity index (χ4v) is 3.41. The van der Waals surface area contributed by atoms with E-state index in [1.165, 1.54) is 5.56 Å². The van der Waals surface area contributed by atoms with E-state index in [2.05, 4.69) is 22.1 Å². The van der Waals surface area contributed by atoms with Crippen molar-refractivity contribution in [2.75, 3.05) is 11.9 Å². The van der Waals surface area contributed by atoms with Crippen LogP contribution >= 0.6 is 0 Å². The Morgan fingerprint density at radius 1 is 1.15 bits per heavy atom. The molecule has 4 rings (SSSR count). The van der Waals surface area contributed by atoms with Crippen LogP contribution in [0, 0.1) is 6.92 Å². The van der Waals surface area contributed by atoms with E-state index in [1.807, 2.05) is 44.4 Å². The van der Waals surface area contributed by atoms with Gasteiger partial charge < -0.3 is 9.64 Å². The maximum absolute atomic E-state index is 12.2. The Morgan fingerprint density at radius 3 is 2.89 bits per heavy atom. The van der Waals surface area contributed by atoms with E-state index in [4.69, 9.17) is 4.74 Å². The summed E-state index contributed by atoms with van der Waals surface area (Å²) in [7, 11) is 1.84. The van der Waals surface area contributed by atoms with Gasteiger partial charge in [-0.15, -0.1) is 0 Å². The molecule has 0 atom stereocenters. The maximum Gasteiger partial charge on any atom is 0.227 e. The van der Waals surface area contributed by atoms with Crippen molar-refractivity contribution < 1.29 is 9.53 Å². The van der Waals surface area contributed by atoms with E-state index in [9.17, 15) is 4.79 Å². The van der Waals surface area contributed by atoms with Crippen molar-refractivity contribution in [1.29, 1.82) is 0 Å². The number of amides is 1. The summed E-state index contributed by atoms with van der Waals surface area (Å²) in [5.74, 6) is 0.746. The molecular formula is C22H21N3O2. The summed E-state index contributed by atoms with van der Waals surface area (Å²) in [5.41, 5.74) is 6.24. The average molecular weight is 359 g/mol. The SMILES string of the molecule is Cc1ccnc(OCc2cncc(-c3cccc4c3N(C)C(=O)CC4)c2)c1. The summed E-state index contributed by atoms with van der Waals surface area (Å²) in [6.45, 7) is 2.40. The molecule has 0 aliphatic carbocycles. The van der Waals surface area contributed by atoms with E-state index < -0.39 is 0 Å². The van der Waals surface area contributed by atoms with Crippen molar-refractivity contribution in [3.63, 3.8) is 0 Å². The van der Waals surface area contributed by atoms with Gasteiger partial charge in [0.1, 0.15) is 6.61 Å². The lowest BCUT2D eigenvalue weighted by molar-refractivity contribution is -0.118. The van der Waals surface area contributed by atoms with E-state index >= 15 is 0 Å². The minimum atomic E-state index is 0.146. The molecule has 1 aliphatic rings. The molecule has 2 aromatic heterocycles. The van der Waals surface area contributed by atoms with Crippen LogP contribution in [-0.4, -0.2) is 22.9 Å². The van der Waals surface area contributed by atoms with Gasteiger partial charge in [0.05, 0.1) is 5.69 Å². The predicted octanol–water partition coefficient (Wildman–Crippen LogP) is 3.94. The van der Waals surface area contributed by atoms with E-state index in [1.54, 1.807) is 17.3 Å². The molecule has 0 bridgehead atoms. The van der Waals surface area contributed by atoms with Gasteiger partial charge in [0, 0.05) is 54.8 Å². The van der Waals surface area contributed by atoms with Gasteiger partial charge >= 0.3 is 0 Å². The van der Waals surface area contributed by atoms with Gasteiger partial charge in [-0.2, -0.15) is 0 Å². The standard InChI is InChI=1S/C22H21N3O2/c1-15-8-9-24-20(10-15)27-14-16-11-18(13-23-12-16)19-5-3-4-17-6-7-21(26)25(2)22(17)19/h3-5,8-13H,6-7,14H2,1-2H3. The third kappa shape index (κ3) is 3.53. The largest absolute Gasteiger partial charge is 0.473 e. The van der Waals surface area contributed by atoms with E-state index in [0.717, 1.165) is 34.4 Å². The fourth-order valence-electron chi connectivity index (χ4n) is 3.41. The number of hydrogen-bond donors (Lipinski definition) is 0. The van der Waals surface area contributed by atoms with Crippen LogP contribution < -0.4 is 9.64 Å². The van der Waals surface area contributed by atoms with Crippen LogP contribution in [0.5, 0.6) is 5.88 Å². The molecule has 0 N–H and O–H groups in total. The zero-order valence-electron chi connectivity index (χ0n) is 15.5. The molecule has 5 nitrogen and oxygen atoms in total. The van der Waals surface area contributed by atoms with Crippen molar-refractivity contribution in [2.24, 2.45) is 0 Å². The summed E-state index contributed by atoms with van der Waals surface area (Å²) in [4.78, 5) is 22.5. The average Bonchev–Trinajstić information content (AvgIpc) is 2.69. The zero-order valence-corrected chi connectivity index (χ0v) is 15.5. The molecule has 0 saturated carbocycles. The van der Waals surface area contributed by atoms with E-state index in [-0.39, 0.29) is 5.91 Å². The Morgan fingerprint density at radius 2 is 2.04 bits per heavy atom. The van der Waals surface area contributed by atoms with Crippen LogP contribution in [0.4, 0.5) is 5.69 Å². The predicted molar refractivity (Wildman–Crippen MR) is 105 cm³/mol. The second-order valence-corrected chi connectivity index (χ2v) is 6.81. The number of benzene rings is 1. The number of pyridine rings is 2. The van der Waals surface area contributed by atoms with Crippen LogP contribution in [0.1, 0.15) is 23.1 Å². The molecule has 0 spiro atoms. The molecule has 136 valence electrons. The van der Waals surface area contributed by atoms with Crippen LogP contribution in [0.15, 0.2) is 55.0 Å². The number of aromatic nitrogens is 2. The second-order valence-electron chi connectivity index (χ2n) is 6.81. The first-order valence-electron chi connectivity index (χ1n) is 9.00. The molecule has 1 amide bonds. The lowest BCUT2D eigenvalue weighted by Crippen LogP contribution is -2.31. The summed E-state index contributed by atoms with van der Waals surface area (Å²) >= 11 is 0. The molecular weight excluding hydrogens is 338 g/mol.